The summed E-state index contributed by atoms with van der Waals surface area (Å²) in [6, 6.07) is 21.7. The minimum atomic E-state index is -1.08. The first-order chi connectivity index (χ1) is 17.9. The lowest BCUT2D eigenvalue weighted by Crippen LogP contribution is -2.53. The van der Waals surface area contributed by atoms with Gasteiger partial charge in [0.25, 0.3) is 5.69 Å². The molecule has 37 heavy (non-hydrogen) atoms. The van der Waals surface area contributed by atoms with Crippen molar-refractivity contribution in [3.63, 3.8) is 0 Å². The maximum absolute atomic E-state index is 13.2. The fraction of sp³-hybridized carbons (Fsp3) is 0.222. The van der Waals surface area contributed by atoms with Crippen molar-refractivity contribution < 1.29 is 28.8 Å². The lowest BCUT2D eigenvalue weighted by Gasteiger charge is -2.22. The number of rotatable bonds is 11. The second-order valence-corrected chi connectivity index (χ2v) is 8.16. The van der Waals surface area contributed by atoms with Gasteiger partial charge in [-0.25, -0.2) is 9.59 Å². The molecule has 0 saturated heterocycles. The summed E-state index contributed by atoms with van der Waals surface area (Å²) in [6.45, 7) is 0.0251. The van der Waals surface area contributed by atoms with Crippen molar-refractivity contribution in [2.24, 2.45) is 0 Å². The van der Waals surface area contributed by atoms with Gasteiger partial charge in [-0.3, -0.25) is 14.9 Å². The van der Waals surface area contributed by atoms with Gasteiger partial charge < -0.3 is 20.1 Å². The zero-order valence-electron chi connectivity index (χ0n) is 20.2. The van der Waals surface area contributed by atoms with Crippen LogP contribution in [0.4, 0.5) is 10.5 Å². The lowest BCUT2D eigenvalue weighted by molar-refractivity contribution is -0.384. The first kappa shape index (κ1) is 26.9. The molecular weight excluding hydrogens is 478 g/mol. The summed E-state index contributed by atoms with van der Waals surface area (Å²) in [5, 5.41) is 16.1. The van der Waals surface area contributed by atoms with Crippen LogP contribution in [0.15, 0.2) is 84.9 Å². The zero-order chi connectivity index (χ0) is 26.6. The van der Waals surface area contributed by atoms with Crippen molar-refractivity contribution in [3.05, 3.63) is 112 Å². The van der Waals surface area contributed by atoms with E-state index < -0.39 is 35.0 Å². The fourth-order valence-electron chi connectivity index (χ4n) is 3.56. The molecule has 2 amide bonds. The van der Waals surface area contributed by atoms with Crippen LogP contribution < -0.4 is 10.6 Å². The highest BCUT2D eigenvalue weighted by atomic mass is 16.6. The van der Waals surface area contributed by atoms with Crippen molar-refractivity contribution in [1.82, 2.24) is 10.6 Å². The van der Waals surface area contributed by atoms with Crippen LogP contribution >= 0.6 is 0 Å². The summed E-state index contributed by atoms with van der Waals surface area (Å²) in [4.78, 5) is 48.6. The minimum Gasteiger partial charge on any atom is -0.467 e. The van der Waals surface area contributed by atoms with Crippen LogP contribution in [0, 0.1) is 10.1 Å². The van der Waals surface area contributed by atoms with E-state index in [9.17, 15) is 24.5 Å². The Morgan fingerprint density at radius 2 is 1.32 bits per heavy atom. The number of ether oxygens (including phenoxy) is 2. The monoisotopic (exact) mass is 505 g/mol. The van der Waals surface area contributed by atoms with Crippen molar-refractivity contribution in [3.8, 4) is 0 Å². The number of carbonyl (C=O) groups is 3. The van der Waals surface area contributed by atoms with Gasteiger partial charge in [-0.15, -0.1) is 0 Å². The standard InChI is InChI=1S/C27H27N3O7/c1-36-26(32)24(17-20-12-14-22(15-13-20)30(34)35)28-25(31)23(16-19-8-4-2-5-9-19)29-27(33)37-18-21-10-6-3-7-11-21/h2-15,23-24H,16-18H2,1H3,(H,28,31)(H,29,33)/t23-,24-/m1/s1. The Bertz CT molecular complexity index is 1200. The summed E-state index contributed by atoms with van der Waals surface area (Å²) < 4.78 is 10.1. The number of hydrogen-bond donors (Lipinski definition) is 2. The van der Waals surface area contributed by atoms with Crippen LogP contribution in [0.2, 0.25) is 0 Å². The summed E-state index contributed by atoms with van der Waals surface area (Å²) in [7, 11) is 1.19. The molecule has 192 valence electrons. The number of alkyl carbamates (subject to hydrolysis) is 1. The number of nitrogens with one attached hydrogen (secondary N) is 2. The average Bonchev–Trinajstić information content (AvgIpc) is 2.92. The van der Waals surface area contributed by atoms with E-state index in [1.54, 1.807) is 12.1 Å². The molecule has 3 aromatic carbocycles. The number of esters is 1. The van der Waals surface area contributed by atoms with Gasteiger partial charge in [0.1, 0.15) is 18.7 Å². The van der Waals surface area contributed by atoms with Crippen molar-refractivity contribution >= 4 is 23.7 Å². The quantitative estimate of drug-likeness (QED) is 0.232. The van der Waals surface area contributed by atoms with E-state index in [1.807, 2.05) is 48.5 Å². The Labute approximate surface area is 213 Å². The van der Waals surface area contributed by atoms with Crippen LogP contribution in [0.3, 0.4) is 0 Å². The fourth-order valence-corrected chi connectivity index (χ4v) is 3.56. The largest absolute Gasteiger partial charge is 0.467 e. The number of nitro groups is 1. The number of methoxy groups -OCH3 is 1. The molecule has 3 aromatic rings. The van der Waals surface area contributed by atoms with Gasteiger partial charge >= 0.3 is 12.1 Å². The summed E-state index contributed by atoms with van der Waals surface area (Å²) >= 11 is 0. The third-order valence-electron chi connectivity index (χ3n) is 5.49. The normalized spacial score (nSPS) is 12.0. The van der Waals surface area contributed by atoms with Gasteiger partial charge in [0.15, 0.2) is 0 Å². The van der Waals surface area contributed by atoms with Gasteiger partial charge in [0.2, 0.25) is 5.91 Å². The van der Waals surface area contributed by atoms with Gasteiger partial charge in [-0.1, -0.05) is 72.8 Å². The molecule has 10 heteroatoms. The highest BCUT2D eigenvalue weighted by Gasteiger charge is 2.28. The molecule has 0 aliphatic carbocycles. The third-order valence-corrected chi connectivity index (χ3v) is 5.49. The number of nitrogens with zero attached hydrogens (tertiary/aromatic N) is 1. The average molecular weight is 506 g/mol. The van der Waals surface area contributed by atoms with Crippen molar-refractivity contribution in [1.29, 1.82) is 0 Å². The SMILES string of the molecule is COC(=O)[C@@H](Cc1ccc([N+](=O)[O-])cc1)NC(=O)[C@@H](Cc1ccccc1)NC(=O)OCc1ccccc1. The number of hydrogen-bond acceptors (Lipinski definition) is 7. The third kappa shape index (κ3) is 8.46. The first-order valence-electron chi connectivity index (χ1n) is 11.5. The molecule has 0 fully saturated rings. The molecule has 2 atom stereocenters. The smallest absolute Gasteiger partial charge is 0.408 e. The number of amides is 2. The predicted molar refractivity (Wildman–Crippen MR) is 134 cm³/mol. The topological polar surface area (TPSA) is 137 Å². The van der Waals surface area contributed by atoms with E-state index in [0.29, 0.717) is 5.56 Å². The molecule has 0 spiro atoms. The van der Waals surface area contributed by atoms with Crippen LogP contribution in [0.5, 0.6) is 0 Å². The highest BCUT2D eigenvalue weighted by Crippen LogP contribution is 2.14. The minimum absolute atomic E-state index is 0.0251. The number of carbonyl (C=O) groups excluding carboxylic acids is 3. The maximum Gasteiger partial charge on any atom is 0.408 e. The Balaban J connectivity index is 1.72. The molecule has 0 heterocycles. The molecule has 10 nitrogen and oxygen atoms in total. The van der Waals surface area contributed by atoms with Crippen LogP contribution in [0.25, 0.3) is 0 Å². The van der Waals surface area contributed by atoms with Crippen LogP contribution in [0.1, 0.15) is 16.7 Å². The van der Waals surface area contributed by atoms with E-state index in [1.165, 1.54) is 31.4 Å². The molecule has 0 aliphatic heterocycles. The van der Waals surface area contributed by atoms with Crippen molar-refractivity contribution in [2.45, 2.75) is 31.5 Å². The summed E-state index contributed by atoms with van der Waals surface area (Å²) in [5.74, 6) is -1.31. The number of non-ortho nitro benzene ring substituents is 1. The van der Waals surface area contributed by atoms with E-state index in [2.05, 4.69) is 10.6 Å². The molecule has 0 aliphatic rings. The Hall–Kier alpha value is -4.73. The van der Waals surface area contributed by atoms with Gasteiger partial charge in [0, 0.05) is 25.0 Å². The Morgan fingerprint density at radius 1 is 0.784 bits per heavy atom. The van der Waals surface area contributed by atoms with Crippen molar-refractivity contribution in [2.75, 3.05) is 7.11 Å². The molecule has 0 aromatic heterocycles. The molecular formula is C27H27N3O7. The van der Waals surface area contributed by atoms with Gasteiger partial charge in [-0.2, -0.15) is 0 Å². The highest BCUT2D eigenvalue weighted by molar-refractivity contribution is 5.90. The predicted octanol–water partition coefficient (Wildman–Crippen LogP) is 3.33. The first-order valence-corrected chi connectivity index (χ1v) is 11.5. The lowest BCUT2D eigenvalue weighted by atomic mass is 10.0. The Morgan fingerprint density at radius 3 is 1.89 bits per heavy atom. The molecule has 3 rings (SSSR count). The second-order valence-electron chi connectivity index (χ2n) is 8.16. The zero-order valence-corrected chi connectivity index (χ0v) is 20.2. The van der Waals surface area contributed by atoms with Gasteiger partial charge in [-0.05, 0) is 16.7 Å². The summed E-state index contributed by atoms with van der Waals surface area (Å²) in [5.41, 5.74) is 2.06. The number of nitro benzene ring substituents is 1. The van der Waals surface area contributed by atoms with Crippen LogP contribution in [-0.2, 0) is 38.5 Å². The maximum atomic E-state index is 13.2. The van der Waals surface area contributed by atoms with E-state index >= 15 is 0 Å². The summed E-state index contributed by atoms with van der Waals surface area (Å²) in [6.07, 6.45) is -0.601. The number of benzene rings is 3. The van der Waals surface area contributed by atoms with Gasteiger partial charge in [0.05, 0.1) is 12.0 Å². The van der Waals surface area contributed by atoms with E-state index in [-0.39, 0.29) is 25.1 Å². The van der Waals surface area contributed by atoms with E-state index in [4.69, 9.17) is 9.47 Å². The second kappa shape index (κ2) is 13.4. The molecule has 0 radical (unpaired) electrons. The molecule has 0 bridgehead atoms. The van der Waals surface area contributed by atoms with Crippen LogP contribution in [-0.4, -0.2) is 42.1 Å². The molecule has 0 saturated carbocycles. The molecule has 0 unspecified atom stereocenters. The Kier molecular flexibility index (Phi) is 9.72. The van der Waals surface area contributed by atoms with E-state index in [0.717, 1.165) is 11.1 Å². The molecule has 2 N–H and O–H groups in total.